The molecule has 0 aromatic carbocycles. The molecule has 2 rings (SSSR count). The summed E-state index contributed by atoms with van der Waals surface area (Å²) in [5.41, 5.74) is 0. The minimum Gasteiger partial charge on any atom is -0.350 e. The van der Waals surface area contributed by atoms with Crippen molar-refractivity contribution in [1.82, 2.24) is 0 Å². The van der Waals surface area contributed by atoms with Crippen molar-refractivity contribution < 1.29 is 14.3 Å². The molecule has 0 saturated carbocycles. The van der Waals surface area contributed by atoms with Crippen LogP contribution in [0, 0.1) is 23.7 Å². The Morgan fingerprint density at radius 3 is 2.69 bits per heavy atom. The van der Waals surface area contributed by atoms with E-state index in [1.807, 2.05) is 13.8 Å². The van der Waals surface area contributed by atoms with Crippen molar-refractivity contribution in [3.63, 3.8) is 0 Å². The third kappa shape index (κ3) is 1.70. The third-order valence-electron chi connectivity index (χ3n) is 4.56. The molecule has 0 aliphatic carbocycles. The van der Waals surface area contributed by atoms with Crippen molar-refractivity contribution in [3.05, 3.63) is 0 Å². The molecule has 0 aromatic heterocycles. The molecule has 0 aromatic rings. The van der Waals surface area contributed by atoms with Gasteiger partial charge in [-0.3, -0.25) is 4.79 Å². The van der Waals surface area contributed by atoms with Gasteiger partial charge in [0.05, 0.1) is 13.2 Å². The molecule has 0 N–H and O–H groups in total. The fourth-order valence-electron chi connectivity index (χ4n) is 2.80. The van der Waals surface area contributed by atoms with Crippen LogP contribution in [-0.2, 0) is 14.3 Å². The minimum atomic E-state index is -0.448. The molecule has 2 aliphatic rings. The second-order valence-electron chi connectivity index (χ2n) is 5.41. The lowest BCUT2D eigenvalue weighted by Gasteiger charge is -2.38. The zero-order valence-corrected chi connectivity index (χ0v) is 10.7. The van der Waals surface area contributed by atoms with Crippen LogP contribution < -0.4 is 0 Å². The number of carbonyl (C=O) groups excluding carboxylic acids is 1. The first-order chi connectivity index (χ1) is 7.49. The molecule has 2 saturated heterocycles. The predicted octanol–water partition coefficient (Wildman–Crippen LogP) is 2.25. The van der Waals surface area contributed by atoms with Crippen LogP contribution in [0.3, 0.4) is 0 Å². The van der Waals surface area contributed by atoms with Gasteiger partial charge < -0.3 is 9.47 Å². The van der Waals surface area contributed by atoms with E-state index in [0.29, 0.717) is 30.8 Å². The molecule has 2 fully saturated rings. The number of Topliss-reactive ketones (excluding diaryl/α,β-unsaturated/α-hetero) is 1. The standard InChI is InChI=1S/C13H22O3/c1-5-8(2)12(14)11-7-16-13(4)9(3)10(11)6-15-13/h8-11H,5-7H2,1-4H3/t8-,9+,10+,11+,13-/m1/s1. The van der Waals surface area contributed by atoms with Gasteiger partial charge in [-0.2, -0.15) is 0 Å². The predicted molar refractivity (Wildman–Crippen MR) is 60.9 cm³/mol. The average molecular weight is 226 g/mol. The van der Waals surface area contributed by atoms with Gasteiger partial charge in [0, 0.05) is 23.7 Å². The van der Waals surface area contributed by atoms with Crippen LogP contribution >= 0.6 is 0 Å². The number of ether oxygens (including phenoxy) is 2. The van der Waals surface area contributed by atoms with E-state index >= 15 is 0 Å². The van der Waals surface area contributed by atoms with Gasteiger partial charge in [-0.15, -0.1) is 0 Å². The summed E-state index contributed by atoms with van der Waals surface area (Å²) in [7, 11) is 0. The molecule has 5 atom stereocenters. The highest BCUT2D eigenvalue weighted by atomic mass is 16.7. The smallest absolute Gasteiger partial charge is 0.168 e. The van der Waals surface area contributed by atoms with Gasteiger partial charge in [0.25, 0.3) is 0 Å². The molecule has 3 heteroatoms. The number of rotatable bonds is 3. The summed E-state index contributed by atoms with van der Waals surface area (Å²) in [6, 6.07) is 0. The van der Waals surface area contributed by atoms with E-state index < -0.39 is 5.79 Å². The van der Waals surface area contributed by atoms with Crippen molar-refractivity contribution in [2.24, 2.45) is 23.7 Å². The first-order valence-electron chi connectivity index (χ1n) is 6.31. The Kier molecular flexibility index (Phi) is 3.10. The molecule has 2 aliphatic heterocycles. The summed E-state index contributed by atoms with van der Waals surface area (Å²) < 4.78 is 11.4. The summed E-state index contributed by atoms with van der Waals surface area (Å²) in [6.07, 6.45) is 0.911. The monoisotopic (exact) mass is 226 g/mol. The number of hydrogen-bond donors (Lipinski definition) is 0. The maximum Gasteiger partial charge on any atom is 0.168 e. The van der Waals surface area contributed by atoms with Crippen LogP contribution in [0.15, 0.2) is 0 Å². The molecule has 16 heavy (non-hydrogen) atoms. The quantitative estimate of drug-likeness (QED) is 0.740. The molecule has 0 unspecified atom stereocenters. The summed E-state index contributed by atoms with van der Waals surface area (Å²) >= 11 is 0. The molecule has 2 heterocycles. The molecule has 0 spiro atoms. The highest BCUT2D eigenvalue weighted by Crippen LogP contribution is 2.46. The molecule has 92 valence electrons. The summed E-state index contributed by atoms with van der Waals surface area (Å²) in [5.74, 6) is 0.759. The van der Waals surface area contributed by atoms with E-state index in [2.05, 4.69) is 13.8 Å². The molecular formula is C13H22O3. The second-order valence-corrected chi connectivity index (χ2v) is 5.41. The zero-order valence-electron chi connectivity index (χ0n) is 10.7. The zero-order chi connectivity index (χ0) is 11.9. The first-order valence-corrected chi connectivity index (χ1v) is 6.31. The molecule has 2 bridgehead atoms. The number of ketones is 1. The van der Waals surface area contributed by atoms with Crippen molar-refractivity contribution in [1.29, 1.82) is 0 Å². The van der Waals surface area contributed by atoms with Gasteiger partial charge in [0.15, 0.2) is 5.79 Å². The minimum absolute atomic E-state index is 0.0422. The van der Waals surface area contributed by atoms with Crippen molar-refractivity contribution in [2.45, 2.75) is 39.9 Å². The summed E-state index contributed by atoms with van der Waals surface area (Å²) in [6.45, 7) is 9.40. The largest absolute Gasteiger partial charge is 0.350 e. The van der Waals surface area contributed by atoms with Crippen molar-refractivity contribution >= 4 is 5.78 Å². The SMILES string of the molecule is CC[C@@H](C)C(=O)[C@H]1CO[C@@]2(C)OC[C@H]1[C@@H]2C. The van der Waals surface area contributed by atoms with Crippen LogP contribution in [0.2, 0.25) is 0 Å². The van der Waals surface area contributed by atoms with E-state index in [0.717, 1.165) is 6.42 Å². The van der Waals surface area contributed by atoms with Gasteiger partial charge in [-0.1, -0.05) is 20.8 Å². The van der Waals surface area contributed by atoms with Crippen LogP contribution in [0.5, 0.6) is 0 Å². The van der Waals surface area contributed by atoms with Crippen molar-refractivity contribution in [2.75, 3.05) is 13.2 Å². The normalized spacial score (nSPS) is 44.4. The van der Waals surface area contributed by atoms with E-state index in [4.69, 9.17) is 9.47 Å². The fraction of sp³-hybridized carbons (Fsp3) is 0.923. The Balaban J connectivity index is 2.12. The lowest BCUT2D eigenvalue weighted by atomic mass is 9.75. The van der Waals surface area contributed by atoms with Crippen molar-refractivity contribution in [3.8, 4) is 0 Å². The number of fused-ring (bicyclic) bond motifs is 2. The molecule has 3 nitrogen and oxygen atoms in total. The maximum absolute atomic E-state index is 12.2. The lowest BCUT2D eigenvalue weighted by molar-refractivity contribution is -0.231. The van der Waals surface area contributed by atoms with E-state index in [9.17, 15) is 4.79 Å². The molecule has 0 amide bonds. The molecule has 0 radical (unpaired) electrons. The first kappa shape index (κ1) is 12.1. The Morgan fingerprint density at radius 2 is 2.06 bits per heavy atom. The fourth-order valence-corrected chi connectivity index (χ4v) is 2.80. The average Bonchev–Trinajstić information content (AvgIpc) is 2.49. The third-order valence-corrected chi connectivity index (χ3v) is 4.56. The summed E-state index contributed by atoms with van der Waals surface area (Å²) in [4.78, 5) is 12.2. The van der Waals surface area contributed by atoms with Gasteiger partial charge in [-0.05, 0) is 13.3 Å². The topological polar surface area (TPSA) is 35.5 Å². The van der Waals surface area contributed by atoms with Crippen LogP contribution in [0.1, 0.15) is 34.1 Å². The Labute approximate surface area is 97.5 Å². The Bertz CT molecular complexity index is 289. The molecular weight excluding hydrogens is 204 g/mol. The van der Waals surface area contributed by atoms with Gasteiger partial charge in [-0.25, -0.2) is 0 Å². The maximum atomic E-state index is 12.2. The van der Waals surface area contributed by atoms with Gasteiger partial charge in [0.1, 0.15) is 5.78 Å². The Hall–Kier alpha value is -0.410. The Morgan fingerprint density at radius 1 is 1.44 bits per heavy atom. The van der Waals surface area contributed by atoms with Crippen LogP contribution in [-0.4, -0.2) is 24.8 Å². The lowest BCUT2D eigenvalue weighted by Crippen LogP contribution is -2.46. The van der Waals surface area contributed by atoms with Gasteiger partial charge >= 0.3 is 0 Å². The second kappa shape index (κ2) is 4.11. The van der Waals surface area contributed by atoms with Crippen LogP contribution in [0.4, 0.5) is 0 Å². The van der Waals surface area contributed by atoms with E-state index in [1.54, 1.807) is 0 Å². The highest BCUT2D eigenvalue weighted by molar-refractivity contribution is 5.83. The highest BCUT2D eigenvalue weighted by Gasteiger charge is 2.53. The van der Waals surface area contributed by atoms with Crippen LogP contribution in [0.25, 0.3) is 0 Å². The number of hydrogen-bond acceptors (Lipinski definition) is 3. The van der Waals surface area contributed by atoms with Gasteiger partial charge in [0.2, 0.25) is 0 Å². The van der Waals surface area contributed by atoms with E-state index in [1.165, 1.54) is 0 Å². The number of carbonyl (C=O) groups is 1. The summed E-state index contributed by atoms with van der Waals surface area (Å²) in [5, 5.41) is 0. The van der Waals surface area contributed by atoms with E-state index in [-0.39, 0.29) is 11.8 Å².